The second kappa shape index (κ2) is 4.63. The normalized spacial score (nSPS) is 10.7. The molecule has 0 spiro atoms. The van der Waals surface area contributed by atoms with Crippen LogP contribution < -0.4 is 5.73 Å². The van der Waals surface area contributed by atoms with Crippen LogP contribution in [0.2, 0.25) is 5.02 Å². The predicted octanol–water partition coefficient (Wildman–Crippen LogP) is 3.74. The van der Waals surface area contributed by atoms with Crippen molar-refractivity contribution in [3.05, 3.63) is 32.4 Å². The Morgan fingerprint density at radius 3 is 2.88 bits per heavy atom. The third kappa shape index (κ3) is 2.04. The van der Waals surface area contributed by atoms with Crippen molar-refractivity contribution in [2.45, 2.75) is 13.3 Å². The molecule has 1 aromatic heterocycles. The SMILES string of the molecule is CCc1c(N)noc1-c1ccc(I)c(Cl)c1. The van der Waals surface area contributed by atoms with Gasteiger partial charge < -0.3 is 10.3 Å². The van der Waals surface area contributed by atoms with Gasteiger partial charge in [0.2, 0.25) is 0 Å². The van der Waals surface area contributed by atoms with E-state index in [-0.39, 0.29) is 0 Å². The minimum atomic E-state index is 0.451. The van der Waals surface area contributed by atoms with E-state index in [0.717, 1.165) is 21.1 Å². The van der Waals surface area contributed by atoms with Crippen LogP contribution in [0.25, 0.3) is 11.3 Å². The average Bonchev–Trinajstić information content (AvgIpc) is 2.63. The van der Waals surface area contributed by atoms with Gasteiger partial charge in [0.15, 0.2) is 11.6 Å². The summed E-state index contributed by atoms with van der Waals surface area (Å²) in [4.78, 5) is 0. The summed E-state index contributed by atoms with van der Waals surface area (Å²) in [7, 11) is 0. The molecule has 0 aliphatic rings. The molecule has 84 valence electrons. The van der Waals surface area contributed by atoms with Gasteiger partial charge in [-0.25, -0.2) is 0 Å². The number of nitrogen functional groups attached to an aromatic ring is 1. The number of nitrogens with zero attached hydrogens (tertiary/aromatic N) is 1. The Morgan fingerprint density at radius 1 is 1.50 bits per heavy atom. The quantitative estimate of drug-likeness (QED) is 0.841. The lowest BCUT2D eigenvalue weighted by Crippen LogP contribution is -1.91. The van der Waals surface area contributed by atoms with Crippen LogP contribution in [0.5, 0.6) is 0 Å². The van der Waals surface area contributed by atoms with E-state index in [9.17, 15) is 0 Å². The molecule has 2 rings (SSSR count). The molecule has 1 heterocycles. The van der Waals surface area contributed by atoms with Crippen molar-refractivity contribution in [2.75, 3.05) is 5.73 Å². The van der Waals surface area contributed by atoms with E-state index in [1.165, 1.54) is 0 Å². The van der Waals surface area contributed by atoms with Gasteiger partial charge in [-0.1, -0.05) is 23.7 Å². The minimum Gasteiger partial charge on any atom is -0.381 e. The Morgan fingerprint density at radius 2 is 2.25 bits per heavy atom. The fourth-order valence-corrected chi connectivity index (χ4v) is 2.04. The molecule has 0 aliphatic heterocycles. The zero-order valence-corrected chi connectivity index (χ0v) is 11.5. The van der Waals surface area contributed by atoms with E-state index in [0.29, 0.717) is 16.6 Å². The van der Waals surface area contributed by atoms with Crippen LogP contribution in [0, 0.1) is 3.57 Å². The lowest BCUT2D eigenvalue weighted by molar-refractivity contribution is 0.435. The van der Waals surface area contributed by atoms with Crippen LogP contribution in [0.3, 0.4) is 0 Å². The molecule has 16 heavy (non-hydrogen) atoms. The highest BCUT2D eigenvalue weighted by molar-refractivity contribution is 14.1. The van der Waals surface area contributed by atoms with E-state index >= 15 is 0 Å². The van der Waals surface area contributed by atoms with Crippen molar-refractivity contribution in [1.82, 2.24) is 5.16 Å². The van der Waals surface area contributed by atoms with Crippen LogP contribution in [0.4, 0.5) is 5.82 Å². The molecule has 0 atom stereocenters. The van der Waals surface area contributed by atoms with Gasteiger partial charge in [-0.3, -0.25) is 0 Å². The number of rotatable bonds is 2. The molecule has 3 nitrogen and oxygen atoms in total. The maximum absolute atomic E-state index is 6.07. The number of aromatic nitrogens is 1. The summed E-state index contributed by atoms with van der Waals surface area (Å²) in [5.74, 6) is 1.16. The Hall–Kier alpha value is -0.750. The van der Waals surface area contributed by atoms with Crippen molar-refractivity contribution >= 4 is 40.0 Å². The van der Waals surface area contributed by atoms with Gasteiger partial charge in [0.25, 0.3) is 0 Å². The number of hydrogen-bond donors (Lipinski definition) is 1. The zero-order valence-electron chi connectivity index (χ0n) is 8.63. The van der Waals surface area contributed by atoms with Gasteiger partial charge >= 0.3 is 0 Å². The van der Waals surface area contributed by atoms with Crippen LogP contribution in [-0.4, -0.2) is 5.16 Å². The van der Waals surface area contributed by atoms with Gasteiger partial charge in [-0.2, -0.15) is 0 Å². The van der Waals surface area contributed by atoms with Gasteiger partial charge in [0.05, 0.1) is 5.02 Å². The lowest BCUT2D eigenvalue weighted by Gasteiger charge is -2.01. The molecule has 2 N–H and O–H groups in total. The van der Waals surface area contributed by atoms with Crippen molar-refractivity contribution < 1.29 is 4.52 Å². The summed E-state index contributed by atoms with van der Waals surface area (Å²) in [5.41, 5.74) is 7.55. The standard InChI is InChI=1S/C11H10ClIN2O/c1-2-7-10(16-15-11(7)14)6-3-4-9(13)8(12)5-6/h3-5H,2H2,1H3,(H2,14,15). The van der Waals surface area contributed by atoms with Gasteiger partial charge in [-0.05, 0) is 47.2 Å². The van der Waals surface area contributed by atoms with E-state index in [1.54, 1.807) is 0 Å². The monoisotopic (exact) mass is 348 g/mol. The number of hydrogen-bond acceptors (Lipinski definition) is 3. The number of nitrogens with two attached hydrogens (primary N) is 1. The van der Waals surface area contributed by atoms with E-state index < -0.39 is 0 Å². The molecule has 1 aromatic carbocycles. The summed E-state index contributed by atoms with van der Waals surface area (Å²) >= 11 is 8.25. The molecular weight excluding hydrogens is 338 g/mol. The highest BCUT2D eigenvalue weighted by Crippen LogP contribution is 2.31. The summed E-state index contributed by atoms with van der Waals surface area (Å²) in [5, 5.41) is 4.48. The number of benzene rings is 1. The summed E-state index contributed by atoms with van der Waals surface area (Å²) in [6, 6.07) is 5.76. The van der Waals surface area contributed by atoms with Gasteiger partial charge in [0, 0.05) is 14.7 Å². The smallest absolute Gasteiger partial charge is 0.172 e. The molecule has 0 bridgehead atoms. The topological polar surface area (TPSA) is 52.0 Å². The molecular formula is C11H10ClIN2O. The second-order valence-corrected chi connectivity index (χ2v) is 4.93. The molecule has 0 saturated carbocycles. The van der Waals surface area contributed by atoms with Crippen LogP contribution in [0.1, 0.15) is 12.5 Å². The molecule has 5 heteroatoms. The van der Waals surface area contributed by atoms with Crippen LogP contribution in [0.15, 0.2) is 22.7 Å². The summed E-state index contributed by atoms with van der Waals surface area (Å²) in [6.45, 7) is 2.01. The minimum absolute atomic E-state index is 0.451. The largest absolute Gasteiger partial charge is 0.381 e. The van der Waals surface area contributed by atoms with Crippen molar-refractivity contribution in [1.29, 1.82) is 0 Å². The molecule has 0 unspecified atom stereocenters. The van der Waals surface area contributed by atoms with Crippen molar-refractivity contribution in [3.63, 3.8) is 0 Å². The Kier molecular flexibility index (Phi) is 3.39. The van der Waals surface area contributed by atoms with Crippen molar-refractivity contribution in [3.8, 4) is 11.3 Å². The first-order valence-electron chi connectivity index (χ1n) is 4.83. The Bertz CT molecular complexity index is 525. The van der Waals surface area contributed by atoms with Crippen LogP contribution in [-0.2, 0) is 6.42 Å². The first-order valence-corrected chi connectivity index (χ1v) is 6.28. The molecule has 0 aliphatic carbocycles. The first kappa shape index (κ1) is 11.7. The number of anilines is 1. The fraction of sp³-hybridized carbons (Fsp3) is 0.182. The Labute approximate surface area is 112 Å². The number of halogens is 2. The van der Waals surface area contributed by atoms with Gasteiger partial charge in [0.1, 0.15) is 0 Å². The zero-order chi connectivity index (χ0) is 11.7. The van der Waals surface area contributed by atoms with Crippen LogP contribution >= 0.6 is 34.2 Å². The molecule has 0 saturated heterocycles. The maximum atomic E-state index is 6.07. The Balaban J connectivity index is 2.54. The molecule has 0 fully saturated rings. The average molecular weight is 349 g/mol. The summed E-state index contributed by atoms with van der Waals surface area (Å²) in [6.07, 6.45) is 0.786. The van der Waals surface area contributed by atoms with E-state index in [2.05, 4.69) is 27.7 Å². The molecule has 0 radical (unpaired) electrons. The highest BCUT2D eigenvalue weighted by Gasteiger charge is 2.14. The van der Waals surface area contributed by atoms with Gasteiger partial charge in [-0.15, -0.1) is 0 Å². The molecule has 2 aromatic rings. The maximum Gasteiger partial charge on any atom is 0.172 e. The fourth-order valence-electron chi connectivity index (χ4n) is 1.53. The second-order valence-electron chi connectivity index (χ2n) is 3.36. The first-order chi connectivity index (χ1) is 7.63. The summed E-state index contributed by atoms with van der Waals surface area (Å²) < 4.78 is 6.24. The van der Waals surface area contributed by atoms with E-state index in [4.69, 9.17) is 21.9 Å². The van der Waals surface area contributed by atoms with E-state index in [1.807, 2.05) is 25.1 Å². The highest BCUT2D eigenvalue weighted by atomic mass is 127. The van der Waals surface area contributed by atoms with Crippen molar-refractivity contribution in [2.24, 2.45) is 0 Å². The third-order valence-electron chi connectivity index (χ3n) is 2.35. The predicted molar refractivity (Wildman–Crippen MR) is 73.5 cm³/mol. The lowest BCUT2D eigenvalue weighted by atomic mass is 10.1. The molecule has 0 amide bonds. The third-order valence-corrected chi connectivity index (χ3v) is 3.93.